The van der Waals surface area contributed by atoms with Gasteiger partial charge in [0.25, 0.3) is 0 Å². The van der Waals surface area contributed by atoms with E-state index >= 15 is 0 Å². The Morgan fingerprint density at radius 1 is 1.09 bits per heavy atom. The minimum absolute atomic E-state index is 0.0465. The summed E-state index contributed by atoms with van der Waals surface area (Å²) in [7, 11) is -3.11. The Kier molecular flexibility index (Phi) is 5.28. The van der Waals surface area contributed by atoms with E-state index in [4.69, 9.17) is 0 Å². The molecule has 0 aromatic carbocycles. The maximum atomic E-state index is 12.4. The molecule has 1 unspecified atom stereocenters. The van der Waals surface area contributed by atoms with E-state index < -0.39 is 27.7 Å². The van der Waals surface area contributed by atoms with Gasteiger partial charge >= 0.3 is 11.8 Å². The predicted octanol–water partition coefficient (Wildman–Crippen LogP) is -1.29. The maximum Gasteiger partial charge on any atom is 0.312 e. The molecule has 0 bridgehead atoms. The van der Waals surface area contributed by atoms with Crippen LogP contribution in [-0.2, 0) is 24.2 Å². The highest BCUT2D eigenvalue weighted by Crippen LogP contribution is 2.18. The highest BCUT2D eigenvalue weighted by molar-refractivity contribution is 7.91. The molecule has 3 amide bonds. The molecule has 0 aliphatic carbocycles. The molecule has 2 aliphatic heterocycles. The minimum atomic E-state index is -3.11. The number of hydrogen-bond acceptors (Lipinski definition) is 5. The average Bonchev–Trinajstić information content (AvgIpc) is 2.87. The molecule has 23 heavy (non-hydrogen) atoms. The largest absolute Gasteiger partial charge is 0.339 e. The zero-order valence-corrected chi connectivity index (χ0v) is 14.3. The van der Waals surface area contributed by atoms with Crippen LogP contribution in [0.25, 0.3) is 0 Å². The lowest BCUT2D eigenvalue weighted by Gasteiger charge is -2.35. The molecule has 2 saturated heterocycles. The monoisotopic (exact) mass is 345 g/mol. The van der Waals surface area contributed by atoms with E-state index in [1.807, 2.05) is 0 Å². The smallest absolute Gasteiger partial charge is 0.312 e. The van der Waals surface area contributed by atoms with Crippen LogP contribution in [0, 0.1) is 0 Å². The van der Waals surface area contributed by atoms with Crippen molar-refractivity contribution in [2.24, 2.45) is 0 Å². The lowest BCUT2D eigenvalue weighted by molar-refractivity contribution is -0.154. The van der Waals surface area contributed by atoms with Gasteiger partial charge in [0.1, 0.15) is 0 Å². The van der Waals surface area contributed by atoms with Gasteiger partial charge < -0.3 is 14.7 Å². The first-order valence-corrected chi connectivity index (χ1v) is 9.63. The van der Waals surface area contributed by atoms with Crippen LogP contribution in [0.2, 0.25) is 0 Å². The van der Waals surface area contributed by atoms with Gasteiger partial charge in [0.05, 0.1) is 11.5 Å². The number of hydrogen-bond donors (Lipinski definition) is 0. The van der Waals surface area contributed by atoms with Crippen molar-refractivity contribution >= 4 is 27.6 Å². The van der Waals surface area contributed by atoms with Crippen LogP contribution in [0.15, 0.2) is 0 Å². The lowest BCUT2D eigenvalue weighted by atomic mass is 10.2. The second-order valence-electron chi connectivity index (χ2n) is 5.95. The maximum absolute atomic E-state index is 12.4. The molecule has 8 nitrogen and oxygen atoms in total. The van der Waals surface area contributed by atoms with Gasteiger partial charge in [-0.2, -0.15) is 0 Å². The van der Waals surface area contributed by atoms with E-state index in [1.54, 1.807) is 11.8 Å². The summed E-state index contributed by atoms with van der Waals surface area (Å²) < 4.78 is 23.2. The quantitative estimate of drug-likeness (QED) is 0.581. The Hall–Kier alpha value is -1.64. The second-order valence-corrected chi connectivity index (χ2v) is 8.18. The highest BCUT2D eigenvalue weighted by Gasteiger charge is 2.37. The molecule has 0 radical (unpaired) electrons. The molecule has 2 fully saturated rings. The van der Waals surface area contributed by atoms with Crippen molar-refractivity contribution in [3.8, 4) is 0 Å². The molecule has 9 heteroatoms. The average molecular weight is 345 g/mol. The van der Waals surface area contributed by atoms with Crippen LogP contribution in [0.1, 0.15) is 20.3 Å². The summed E-state index contributed by atoms with van der Waals surface area (Å²) in [6.45, 7) is 5.00. The number of sulfone groups is 1. The van der Waals surface area contributed by atoms with E-state index in [0.717, 1.165) is 0 Å². The summed E-state index contributed by atoms with van der Waals surface area (Å²) in [6, 6.07) is -0.417. The third-order valence-electron chi connectivity index (χ3n) is 4.45. The van der Waals surface area contributed by atoms with Crippen LogP contribution in [0.5, 0.6) is 0 Å². The fourth-order valence-electron chi connectivity index (χ4n) is 3.07. The highest BCUT2D eigenvalue weighted by atomic mass is 32.2. The molecular formula is C14H23N3O5S. The van der Waals surface area contributed by atoms with Gasteiger partial charge in [0, 0.05) is 45.7 Å². The van der Waals surface area contributed by atoms with Crippen molar-refractivity contribution in [1.82, 2.24) is 14.7 Å². The summed E-state index contributed by atoms with van der Waals surface area (Å²) in [5.74, 6) is -1.31. The summed E-state index contributed by atoms with van der Waals surface area (Å²) in [5, 5.41) is 0. The van der Waals surface area contributed by atoms with E-state index in [2.05, 4.69) is 0 Å². The molecule has 1 atom stereocenters. The molecule has 0 aromatic rings. The van der Waals surface area contributed by atoms with E-state index in [9.17, 15) is 22.8 Å². The van der Waals surface area contributed by atoms with Crippen LogP contribution in [0.4, 0.5) is 0 Å². The molecule has 0 aromatic heterocycles. The van der Waals surface area contributed by atoms with Gasteiger partial charge in [-0.25, -0.2) is 8.42 Å². The fourth-order valence-corrected chi connectivity index (χ4v) is 4.80. The first kappa shape index (κ1) is 17.7. The van der Waals surface area contributed by atoms with Crippen molar-refractivity contribution in [1.29, 1.82) is 0 Å². The Balaban J connectivity index is 1.98. The van der Waals surface area contributed by atoms with Crippen molar-refractivity contribution in [3.63, 3.8) is 0 Å². The lowest BCUT2D eigenvalue weighted by Crippen LogP contribution is -2.55. The molecule has 0 saturated carbocycles. The van der Waals surface area contributed by atoms with Crippen molar-refractivity contribution in [3.05, 3.63) is 0 Å². The van der Waals surface area contributed by atoms with Crippen molar-refractivity contribution in [2.75, 3.05) is 44.2 Å². The number of rotatable bonds is 2. The Bertz CT molecular complexity index is 596. The number of nitrogens with zero attached hydrogens (tertiary/aromatic N) is 3. The topological polar surface area (TPSA) is 95.1 Å². The molecule has 2 heterocycles. The van der Waals surface area contributed by atoms with Gasteiger partial charge in [-0.05, 0) is 13.3 Å². The number of likely N-dealkylation sites (N-methyl/N-ethyl adjacent to an activating group) is 1. The first-order chi connectivity index (χ1) is 10.7. The third kappa shape index (κ3) is 4.01. The SMILES string of the molecule is CCN(C(=O)C(=O)N1CCN(C(C)=O)CC1)C1CCS(=O)(=O)C1. The number of carbonyl (C=O) groups excluding carboxylic acids is 3. The zero-order chi connectivity index (χ0) is 17.2. The standard InChI is InChI=1S/C14H23N3O5S/c1-3-17(12-4-9-23(21,22)10-12)14(20)13(19)16-7-5-15(6-8-16)11(2)18/h12H,3-10H2,1-2H3. The molecular weight excluding hydrogens is 322 g/mol. The first-order valence-electron chi connectivity index (χ1n) is 7.81. The third-order valence-corrected chi connectivity index (χ3v) is 6.20. The minimum Gasteiger partial charge on any atom is -0.339 e. The predicted molar refractivity (Wildman–Crippen MR) is 83.3 cm³/mol. The molecule has 0 spiro atoms. The molecule has 2 rings (SSSR count). The summed E-state index contributed by atoms with van der Waals surface area (Å²) in [6.07, 6.45) is 0.382. The Morgan fingerprint density at radius 3 is 2.09 bits per heavy atom. The van der Waals surface area contributed by atoms with Gasteiger partial charge in [0.15, 0.2) is 9.84 Å². The second kappa shape index (κ2) is 6.86. The van der Waals surface area contributed by atoms with Crippen molar-refractivity contribution in [2.45, 2.75) is 26.3 Å². The van der Waals surface area contributed by atoms with Crippen molar-refractivity contribution < 1.29 is 22.8 Å². The summed E-state index contributed by atoms with van der Waals surface area (Å²) in [5.41, 5.74) is 0. The summed E-state index contributed by atoms with van der Waals surface area (Å²) in [4.78, 5) is 40.5. The normalized spacial score (nSPS) is 23.7. The van der Waals surface area contributed by atoms with Gasteiger partial charge in [-0.1, -0.05) is 0 Å². The molecule has 130 valence electrons. The number of carbonyl (C=O) groups is 3. The van der Waals surface area contributed by atoms with Gasteiger partial charge in [-0.15, -0.1) is 0 Å². The number of piperazine rings is 1. The number of amides is 3. The molecule has 2 aliphatic rings. The van der Waals surface area contributed by atoms with Crippen LogP contribution < -0.4 is 0 Å². The van der Waals surface area contributed by atoms with E-state index in [-0.39, 0.29) is 17.4 Å². The van der Waals surface area contributed by atoms with E-state index in [0.29, 0.717) is 39.1 Å². The summed E-state index contributed by atoms with van der Waals surface area (Å²) >= 11 is 0. The Morgan fingerprint density at radius 2 is 1.65 bits per heavy atom. The zero-order valence-electron chi connectivity index (χ0n) is 13.5. The van der Waals surface area contributed by atoms with Crippen LogP contribution in [0.3, 0.4) is 0 Å². The van der Waals surface area contributed by atoms with Gasteiger partial charge in [-0.3, -0.25) is 14.4 Å². The van der Waals surface area contributed by atoms with E-state index in [1.165, 1.54) is 16.7 Å². The molecule has 0 N–H and O–H groups in total. The van der Waals surface area contributed by atoms with Crippen LogP contribution >= 0.6 is 0 Å². The Labute approximate surface area is 136 Å². The van der Waals surface area contributed by atoms with Crippen LogP contribution in [-0.4, -0.2) is 91.1 Å². The fraction of sp³-hybridized carbons (Fsp3) is 0.786. The van der Waals surface area contributed by atoms with Gasteiger partial charge in [0.2, 0.25) is 5.91 Å².